The predicted molar refractivity (Wildman–Crippen MR) is 77.7 cm³/mol. The maximum Gasteiger partial charge on any atom is 0.258 e. The molecule has 2 N–H and O–H groups in total. The van der Waals surface area contributed by atoms with Gasteiger partial charge in [-0.1, -0.05) is 26.0 Å². The molecular formula is C15H22N2O3. The lowest BCUT2D eigenvalue weighted by atomic mass is 10.0. The zero-order valence-electron chi connectivity index (χ0n) is 12.2. The molecule has 5 nitrogen and oxygen atoms in total. The number of carbonyl (C=O) groups excluding carboxylic acids is 2. The third-order valence-corrected chi connectivity index (χ3v) is 2.74. The van der Waals surface area contributed by atoms with E-state index in [1.54, 1.807) is 0 Å². The van der Waals surface area contributed by atoms with Crippen molar-refractivity contribution in [3.8, 4) is 5.75 Å². The van der Waals surface area contributed by atoms with Gasteiger partial charge in [0.1, 0.15) is 5.75 Å². The first-order chi connectivity index (χ1) is 9.49. The minimum Gasteiger partial charge on any atom is -0.484 e. The van der Waals surface area contributed by atoms with Crippen molar-refractivity contribution in [2.45, 2.75) is 26.7 Å². The second kappa shape index (κ2) is 8.19. The Bertz CT molecular complexity index is 441. The number of rotatable bonds is 7. The lowest BCUT2D eigenvalue weighted by Gasteiger charge is -2.09. The summed E-state index contributed by atoms with van der Waals surface area (Å²) in [7, 11) is 0. The molecule has 0 saturated heterocycles. The van der Waals surface area contributed by atoms with Gasteiger partial charge in [0.25, 0.3) is 5.91 Å². The summed E-state index contributed by atoms with van der Waals surface area (Å²) < 4.78 is 5.38. The Morgan fingerprint density at radius 1 is 1.10 bits per heavy atom. The van der Waals surface area contributed by atoms with Gasteiger partial charge in [-0.05, 0) is 23.6 Å². The number of ether oxygens (including phenoxy) is 1. The summed E-state index contributed by atoms with van der Waals surface area (Å²) >= 11 is 0. The monoisotopic (exact) mass is 278 g/mol. The molecule has 0 saturated carbocycles. The molecule has 0 aliphatic carbocycles. The largest absolute Gasteiger partial charge is 0.484 e. The molecule has 20 heavy (non-hydrogen) atoms. The summed E-state index contributed by atoms with van der Waals surface area (Å²) in [4.78, 5) is 22.1. The molecule has 0 unspecified atom stereocenters. The highest BCUT2D eigenvalue weighted by atomic mass is 16.5. The Morgan fingerprint density at radius 2 is 1.70 bits per heavy atom. The predicted octanol–water partition coefficient (Wildman–Crippen LogP) is 1.44. The smallest absolute Gasteiger partial charge is 0.258 e. The SMILES string of the molecule is CC(=O)NCCNC(=O)COc1ccc(C(C)C)cc1. The topological polar surface area (TPSA) is 67.4 Å². The van der Waals surface area contributed by atoms with E-state index in [0.29, 0.717) is 24.8 Å². The van der Waals surface area contributed by atoms with Crippen LogP contribution < -0.4 is 15.4 Å². The second-order valence-corrected chi connectivity index (χ2v) is 4.85. The van der Waals surface area contributed by atoms with Crippen molar-refractivity contribution in [1.82, 2.24) is 10.6 Å². The molecular weight excluding hydrogens is 256 g/mol. The number of carbonyl (C=O) groups is 2. The third kappa shape index (κ3) is 6.22. The molecule has 0 radical (unpaired) electrons. The van der Waals surface area contributed by atoms with Gasteiger partial charge in [-0.15, -0.1) is 0 Å². The molecule has 5 heteroatoms. The first-order valence-electron chi connectivity index (χ1n) is 6.73. The fraction of sp³-hybridized carbons (Fsp3) is 0.467. The average molecular weight is 278 g/mol. The maximum atomic E-state index is 11.5. The van der Waals surface area contributed by atoms with Crippen LogP contribution in [0.5, 0.6) is 5.75 Å². The Labute approximate surface area is 119 Å². The van der Waals surface area contributed by atoms with E-state index >= 15 is 0 Å². The van der Waals surface area contributed by atoms with Crippen LogP contribution in [0.3, 0.4) is 0 Å². The fourth-order valence-corrected chi connectivity index (χ4v) is 1.59. The van der Waals surface area contributed by atoms with Crippen LogP contribution in [0.1, 0.15) is 32.3 Å². The summed E-state index contributed by atoms with van der Waals surface area (Å²) in [5, 5.41) is 5.26. The zero-order valence-corrected chi connectivity index (χ0v) is 12.2. The molecule has 0 aromatic heterocycles. The minimum absolute atomic E-state index is 0.0267. The van der Waals surface area contributed by atoms with E-state index in [9.17, 15) is 9.59 Å². The second-order valence-electron chi connectivity index (χ2n) is 4.85. The van der Waals surface area contributed by atoms with Gasteiger partial charge in [0.2, 0.25) is 5.91 Å². The van der Waals surface area contributed by atoms with E-state index in [2.05, 4.69) is 24.5 Å². The number of nitrogens with one attached hydrogen (secondary N) is 2. The van der Waals surface area contributed by atoms with E-state index in [0.717, 1.165) is 0 Å². The molecule has 2 amide bonds. The van der Waals surface area contributed by atoms with Gasteiger partial charge in [-0.2, -0.15) is 0 Å². The quantitative estimate of drug-likeness (QED) is 0.742. The van der Waals surface area contributed by atoms with Crippen molar-refractivity contribution in [2.75, 3.05) is 19.7 Å². The fourth-order valence-electron chi connectivity index (χ4n) is 1.59. The summed E-state index contributed by atoms with van der Waals surface area (Å²) in [6, 6.07) is 7.71. The molecule has 0 bridgehead atoms. The van der Waals surface area contributed by atoms with Crippen molar-refractivity contribution >= 4 is 11.8 Å². The highest BCUT2D eigenvalue weighted by Crippen LogP contribution is 2.18. The lowest BCUT2D eigenvalue weighted by molar-refractivity contribution is -0.123. The Balaban J connectivity index is 2.25. The molecule has 1 aromatic rings. The first-order valence-corrected chi connectivity index (χ1v) is 6.73. The van der Waals surface area contributed by atoms with Crippen molar-refractivity contribution in [3.05, 3.63) is 29.8 Å². The minimum atomic E-state index is -0.205. The van der Waals surface area contributed by atoms with Crippen LogP contribution >= 0.6 is 0 Å². The van der Waals surface area contributed by atoms with E-state index < -0.39 is 0 Å². The van der Waals surface area contributed by atoms with Crippen LogP contribution in [-0.4, -0.2) is 31.5 Å². The molecule has 0 atom stereocenters. The van der Waals surface area contributed by atoms with E-state index in [1.807, 2.05) is 24.3 Å². The molecule has 0 aliphatic heterocycles. The van der Waals surface area contributed by atoms with Gasteiger partial charge in [0.05, 0.1) is 0 Å². The molecule has 1 aromatic carbocycles. The van der Waals surface area contributed by atoms with Gasteiger partial charge < -0.3 is 15.4 Å². The van der Waals surface area contributed by atoms with Crippen LogP contribution in [0.25, 0.3) is 0 Å². The molecule has 0 aliphatic rings. The summed E-state index contributed by atoms with van der Waals surface area (Å²) in [5.74, 6) is 0.830. The maximum absolute atomic E-state index is 11.5. The zero-order chi connectivity index (χ0) is 15.0. The standard InChI is InChI=1S/C15H22N2O3/c1-11(2)13-4-6-14(7-5-13)20-10-15(19)17-9-8-16-12(3)18/h4-7,11H,8-10H2,1-3H3,(H,16,18)(H,17,19). The van der Waals surface area contributed by atoms with Crippen LogP contribution in [0.15, 0.2) is 24.3 Å². The van der Waals surface area contributed by atoms with Crippen LogP contribution in [0.4, 0.5) is 0 Å². The van der Waals surface area contributed by atoms with Crippen molar-refractivity contribution < 1.29 is 14.3 Å². The van der Waals surface area contributed by atoms with Gasteiger partial charge in [-0.25, -0.2) is 0 Å². The number of hydrogen-bond donors (Lipinski definition) is 2. The lowest BCUT2D eigenvalue weighted by Crippen LogP contribution is -2.36. The third-order valence-electron chi connectivity index (χ3n) is 2.74. The number of amides is 2. The average Bonchev–Trinajstić information content (AvgIpc) is 2.41. The molecule has 0 spiro atoms. The van der Waals surface area contributed by atoms with Crippen molar-refractivity contribution in [2.24, 2.45) is 0 Å². The Morgan fingerprint density at radius 3 is 2.25 bits per heavy atom. The first kappa shape index (κ1) is 16.0. The van der Waals surface area contributed by atoms with Crippen LogP contribution in [0, 0.1) is 0 Å². The Kier molecular flexibility index (Phi) is 6.56. The molecule has 0 fully saturated rings. The van der Waals surface area contributed by atoms with Gasteiger partial charge in [0.15, 0.2) is 6.61 Å². The van der Waals surface area contributed by atoms with Crippen LogP contribution in [0.2, 0.25) is 0 Å². The van der Waals surface area contributed by atoms with Crippen LogP contribution in [-0.2, 0) is 9.59 Å². The van der Waals surface area contributed by atoms with Gasteiger partial charge in [-0.3, -0.25) is 9.59 Å². The normalized spacial score (nSPS) is 10.2. The van der Waals surface area contributed by atoms with Gasteiger partial charge in [0, 0.05) is 20.0 Å². The summed E-state index contributed by atoms with van der Waals surface area (Å²) in [5.41, 5.74) is 1.23. The number of hydrogen-bond acceptors (Lipinski definition) is 3. The van der Waals surface area contributed by atoms with Crippen molar-refractivity contribution in [3.63, 3.8) is 0 Å². The number of benzene rings is 1. The molecule has 0 heterocycles. The summed E-state index contributed by atoms with van der Waals surface area (Å²) in [6.45, 7) is 6.47. The van der Waals surface area contributed by atoms with Crippen molar-refractivity contribution in [1.29, 1.82) is 0 Å². The van der Waals surface area contributed by atoms with E-state index in [-0.39, 0.29) is 18.4 Å². The van der Waals surface area contributed by atoms with E-state index in [4.69, 9.17) is 4.74 Å². The van der Waals surface area contributed by atoms with E-state index in [1.165, 1.54) is 12.5 Å². The highest BCUT2D eigenvalue weighted by molar-refractivity contribution is 5.77. The molecule has 110 valence electrons. The highest BCUT2D eigenvalue weighted by Gasteiger charge is 2.03. The summed E-state index contributed by atoms with van der Waals surface area (Å²) in [6.07, 6.45) is 0. The molecule has 1 rings (SSSR count). The van der Waals surface area contributed by atoms with Gasteiger partial charge >= 0.3 is 0 Å². The Hall–Kier alpha value is -2.04.